The lowest BCUT2D eigenvalue weighted by Gasteiger charge is -2.29. The summed E-state index contributed by atoms with van der Waals surface area (Å²) in [5.74, 6) is 0.499. The van der Waals surface area contributed by atoms with Crippen LogP contribution in [0.1, 0.15) is 41.7 Å². The largest absolute Gasteiger partial charge is 0.490 e. The van der Waals surface area contributed by atoms with Crippen molar-refractivity contribution in [3.8, 4) is 11.8 Å². The lowest BCUT2D eigenvalue weighted by molar-refractivity contribution is 0.0641. The van der Waals surface area contributed by atoms with Crippen LogP contribution in [0.15, 0.2) is 18.2 Å². The van der Waals surface area contributed by atoms with Gasteiger partial charge in [-0.3, -0.25) is 4.79 Å². The van der Waals surface area contributed by atoms with Crippen LogP contribution in [0.4, 0.5) is 0 Å². The van der Waals surface area contributed by atoms with E-state index in [0.717, 1.165) is 25.9 Å². The molecule has 3 rings (SSSR count). The normalized spacial score (nSPS) is 23.0. The second-order valence-electron chi connectivity index (χ2n) is 6.71. The maximum absolute atomic E-state index is 12.5. The van der Waals surface area contributed by atoms with Crippen molar-refractivity contribution in [2.24, 2.45) is 0 Å². The van der Waals surface area contributed by atoms with E-state index in [9.17, 15) is 15.2 Å². The number of fused-ring (bicyclic) bond motifs is 1. The second kappa shape index (κ2) is 6.80. The summed E-state index contributed by atoms with van der Waals surface area (Å²) in [7, 11) is 2.10. The number of amides is 1. The van der Waals surface area contributed by atoms with Crippen molar-refractivity contribution in [1.29, 1.82) is 5.26 Å². The van der Waals surface area contributed by atoms with Gasteiger partial charge in [-0.2, -0.15) is 5.26 Å². The van der Waals surface area contributed by atoms with Gasteiger partial charge in [-0.05, 0) is 45.0 Å². The van der Waals surface area contributed by atoms with Gasteiger partial charge in [0.15, 0.2) is 0 Å². The fourth-order valence-electron chi connectivity index (χ4n) is 3.38. The Morgan fingerprint density at radius 1 is 1.42 bits per heavy atom. The molecule has 1 N–H and O–H groups in total. The third-order valence-corrected chi connectivity index (χ3v) is 4.67. The predicted molar refractivity (Wildman–Crippen MR) is 88.7 cm³/mol. The molecule has 1 fully saturated rings. The van der Waals surface area contributed by atoms with Gasteiger partial charge in [-0.25, -0.2) is 0 Å². The average molecular weight is 329 g/mol. The van der Waals surface area contributed by atoms with E-state index in [1.54, 1.807) is 19.1 Å². The van der Waals surface area contributed by atoms with Crippen molar-refractivity contribution in [1.82, 2.24) is 9.80 Å². The smallest absolute Gasteiger partial charge is 0.255 e. The van der Waals surface area contributed by atoms with E-state index in [1.807, 2.05) is 6.07 Å². The Balaban J connectivity index is 1.79. The van der Waals surface area contributed by atoms with Gasteiger partial charge in [-0.1, -0.05) is 0 Å². The lowest BCUT2D eigenvalue weighted by Crippen LogP contribution is -2.35. The first kappa shape index (κ1) is 16.7. The molecule has 2 aliphatic heterocycles. The molecule has 0 spiro atoms. The van der Waals surface area contributed by atoms with Gasteiger partial charge in [0.05, 0.1) is 12.2 Å². The summed E-state index contributed by atoms with van der Waals surface area (Å²) in [5.41, 5.74) is 1.20. The molecule has 1 saturated heterocycles. The van der Waals surface area contributed by atoms with Crippen molar-refractivity contribution in [2.45, 2.75) is 38.0 Å². The number of carbonyl (C=O) groups is 1. The molecule has 1 amide bonds. The number of benzene rings is 1. The number of ether oxygens (including phenoxy) is 1. The number of likely N-dealkylation sites (tertiary alicyclic amines) is 1. The van der Waals surface area contributed by atoms with Crippen molar-refractivity contribution in [3.63, 3.8) is 0 Å². The highest BCUT2D eigenvalue weighted by Crippen LogP contribution is 2.36. The molecule has 1 aromatic rings. The van der Waals surface area contributed by atoms with Gasteiger partial charge in [0.1, 0.15) is 17.9 Å². The van der Waals surface area contributed by atoms with Crippen molar-refractivity contribution in [3.05, 3.63) is 29.3 Å². The number of piperidine rings is 1. The highest BCUT2D eigenvalue weighted by Gasteiger charge is 2.37. The number of hydrogen-bond acceptors (Lipinski definition) is 5. The topological polar surface area (TPSA) is 76.8 Å². The van der Waals surface area contributed by atoms with Gasteiger partial charge < -0.3 is 19.6 Å². The summed E-state index contributed by atoms with van der Waals surface area (Å²) in [6.07, 6.45) is 1.45. The van der Waals surface area contributed by atoms with Crippen LogP contribution < -0.4 is 4.74 Å². The monoisotopic (exact) mass is 329 g/mol. The van der Waals surface area contributed by atoms with Gasteiger partial charge in [0.25, 0.3) is 5.91 Å². The first-order chi connectivity index (χ1) is 11.5. The Bertz CT molecular complexity index is 660. The van der Waals surface area contributed by atoms with Crippen LogP contribution in [0.3, 0.4) is 0 Å². The Kier molecular flexibility index (Phi) is 4.74. The van der Waals surface area contributed by atoms with E-state index in [-0.39, 0.29) is 18.6 Å². The van der Waals surface area contributed by atoms with Crippen molar-refractivity contribution >= 4 is 5.91 Å². The highest BCUT2D eigenvalue weighted by atomic mass is 16.5. The first-order valence-corrected chi connectivity index (χ1v) is 8.37. The van der Waals surface area contributed by atoms with E-state index >= 15 is 0 Å². The van der Waals surface area contributed by atoms with Crippen molar-refractivity contribution < 1.29 is 14.6 Å². The van der Waals surface area contributed by atoms with E-state index in [1.165, 1.54) is 4.90 Å². The first-order valence-electron chi connectivity index (χ1n) is 8.37. The van der Waals surface area contributed by atoms with Crippen LogP contribution in [-0.2, 0) is 0 Å². The van der Waals surface area contributed by atoms with E-state index < -0.39 is 12.1 Å². The third kappa shape index (κ3) is 3.23. The van der Waals surface area contributed by atoms with Crippen LogP contribution in [0, 0.1) is 11.3 Å². The number of aliphatic hydroxyl groups excluding tert-OH is 1. The van der Waals surface area contributed by atoms with E-state index in [0.29, 0.717) is 16.9 Å². The maximum Gasteiger partial charge on any atom is 0.255 e. The Hall–Kier alpha value is -2.10. The standard InChI is InChI=1S/C18H23N3O3/c1-12(22)11-21-17(10-19)16-9-14(3-4-15(16)18(21)23)24-13-5-7-20(2)8-6-13/h3-4,9,12-13,17,22H,5-8,11H2,1-2H3. The predicted octanol–water partition coefficient (Wildman–Crippen LogP) is 1.56. The Morgan fingerprint density at radius 2 is 2.12 bits per heavy atom. The average Bonchev–Trinajstić information content (AvgIpc) is 2.81. The van der Waals surface area contributed by atoms with Crippen LogP contribution in [0.5, 0.6) is 5.75 Å². The molecule has 2 unspecified atom stereocenters. The number of nitrogens with zero attached hydrogens (tertiary/aromatic N) is 3. The summed E-state index contributed by atoms with van der Waals surface area (Å²) in [4.78, 5) is 16.2. The lowest BCUT2D eigenvalue weighted by atomic mass is 10.0. The summed E-state index contributed by atoms with van der Waals surface area (Å²) >= 11 is 0. The molecule has 24 heavy (non-hydrogen) atoms. The van der Waals surface area contributed by atoms with Gasteiger partial charge in [0, 0.05) is 30.8 Å². The van der Waals surface area contributed by atoms with Crippen molar-refractivity contribution in [2.75, 3.05) is 26.7 Å². The molecule has 0 bridgehead atoms. The number of hydrogen-bond donors (Lipinski definition) is 1. The fourth-order valence-corrected chi connectivity index (χ4v) is 3.38. The molecule has 2 heterocycles. The maximum atomic E-state index is 12.5. The van der Waals surface area contributed by atoms with Crippen LogP contribution >= 0.6 is 0 Å². The Labute approximate surface area is 142 Å². The second-order valence-corrected chi connectivity index (χ2v) is 6.71. The van der Waals surface area contributed by atoms with Gasteiger partial charge >= 0.3 is 0 Å². The molecule has 6 nitrogen and oxygen atoms in total. The van der Waals surface area contributed by atoms with Gasteiger partial charge in [-0.15, -0.1) is 0 Å². The summed E-state index contributed by atoms with van der Waals surface area (Å²) in [6.45, 7) is 3.78. The Morgan fingerprint density at radius 3 is 2.75 bits per heavy atom. The number of nitriles is 1. The number of β-amino-alcohol motifs (C(OH)–C–C–N with tert-alkyl or cyclic N) is 1. The molecule has 6 heteroatoms. The zero-order valence-corrected chi connectivity index (χ0v) is 14.1. The highest BCUT2D eigenvalue weighted by molar-refractivity contribution is 5.99. The quantitative estimate of drug-likeness (QED) is 0.907. The van der Waals surface area contributed by atoms with Gasteiger partial charge in [0.2, 0.25) is 0 Å². The zero-order valence-electron chi connectivity index (χ0n) is 14.1. The molecule has 128 valence electrons. The van der Waals surface area contributed by atoms with E-state index in [2.05, 4.69) is 18.0 Å². The van der Waals surface area contributed by atoms with Crippen LogP contribution in [0.25, 0.3) is 0 Å². The zero-order chi connectivity index (χ0) is 17.3. The number of aliphatic hydroxyl groups is 1. The molecular weight excluding hydrogens is 306 g/mol. The third-order valence-electron chi connectivity index (χ3n) is 4.67. The minimum atomic E-state index is -0.672. The van der Waals surface area contributed by atoms with Crippen LogP contribution in [0.2, 0.25) is 0 Å². The summed E-state index contributed by atoms with van der Waals surface area (Å²) in [6, 6.07) is 6.85. The number of rotatable bonds is 4. The molecule has 0 radical (unpaired) electrons. The molecule has 0 aromatic heterocycles. The van der Waals surface area contributed by atoms with E-state index in [4.69, 9.17) is 4.74 Å². The molecular formula is C18H23N3O3. The van der Waals surface area contributed by atoms with Crippen LogP contribution in [-0.4, -0.2) is 59.7 Å². The minimum absolute atomic E-state index is 0.150. The molecule has 2 atom stereocenters. The minimum Gasteiger partial charge on any atom is -0.490 e. The SMILES string of the molecule is CC(O)CN1C(=O)c2ccc(OC3CCN(C)CC3)cc2C1C#N. The summed E-state index contributed by atoms with van der Waals surface area (Å²) in [5, 5.41) is 19.1. The summed E-state index contributed by atoms with van der Waals surface area (Å²) < 4.78 is 6.06. The molecule has 0 saturated carbocycles. The molecule has 0 aliphatic carbocycles. The molecule has 2 aliphatic rings. The number of carbonyl (C=O) groups excluding carboxylic acids is 1. The molecule has 1 aromatic carbocycles. The fraction of sp³-hybridized carbons (Fsp3) is 0.556.